The van der Waals surface area contributed by atoms with Crippen molar-refractivity contribution in [2.24, 2.45) is 0 Å². The molecular formula is C18H20N2OS2. The molecule has 5 heteroatoms. The van der Waals surface area contributed by atoms with Gasteiger partial charge in [-0.2, -0.15) is 0 Å². The predicted molar refractivity (Wildman–Crippen MR) is 97.4 cm³/mol. The number of nitrogens with one attached hydrogen (secondary N) is 1. The average molecular weight is 345 g/mol. The SMILES string of the molecule is COc1ccccc1CNC(Cc1cccs1)c1nc(C)cs1. The molecule has 120 valence electrons. The molecule has 0 aliphatic rings. The molecule has 0 amide bonds. The third kappa shape index (κ3) is 4.19. The third-order valence-electron chi connectivity index (χ3n) is 3.65. The van der Waals surface area contributed by atoms with Crippen LogP contribution in [0.2, 0.25) is 0 Å². The maximum atomic E-state index is 5.44. The normalized spacial score (nSPS) is 12.3. The van der Waals surface area contributed by atoms with Gasteiger partial charge in [0.05, 0.1) is 13.2 Å². The summed E-state index contributed by atoms with van der Waals surface area (Å²) in [6.45, 7) is 2.81. The molecular weight excluding hydrogens is 324 g/mol. The van der Waals surface area contributed by atoms with Crippen molar-refractivity contribution in [2.75, 3.05) is 7.11 Å². The topological polar surface area (TPSA) is 34.1 Å². The van der Waals surface area contributed by atoms with Gasteiger partial charge in [0.25, 0.3) is 0 Å². The van der Waals surface area contributed by atoms with Crippen LogP contribution in [0.25, 0.3) is 0 Å². The van der Waals surface area contributed by atoms with Gasteiger partial charge in [-0.15, -0.1) is 22.7 Å². The van der Waals surface area contributed by atoms with Crippen molar-refractivity contribution >= 4 is 22.7 Å². The molecule has 3 nitrogen and oxygen atoms in total. The number of rotatable bonds is 7. The molecule has 3 aromatic rings. The molecule has 2 heterocycles. The second-order valence-electron chi connectivity index (χ2n) is 5.36. The molecule has 2 aromatic heterocycles. The summed E-state index contributed by atoms with van der Waals surface area (Å²) in [5.41, 5.74) is 2.25. The Labute approximate surface area is 145 Å². The third-order valence-corrected chi connectivity index (χ3v) is 5.63. The molecule has 0 saturated carbocycles. The van der Waals surface area contributed by atoms with Crippen molar-refractivity contribution < 1.29 is 4.74 Å². The summed E-state index contributed by atoms with van der Waals surface area (Å²) >= 11 is 3.52. The van der Waals surface area contributed by atoms with Crippen LogP contribution >= 0.6 is 22.7 Å². The lowest BCUT2D eigenvalue weighted by Crippen LogP contribution is -2.23. The number of nitrogens with zero attached hydrogens (tertiary/aromatic N) is 1. The van der Waals surface area contributed by atoms with Crippen molar-refractivity contribution in [2.45, 2.75) is 25.9 Å². The van der Waals surface area contributed by atoms with Crippen molar-refractivity contribution in [3.8, 4) is 5.75 Å². The van der Waals surface area contributed by atoms with Crippen LogP contribution in [-0.2, 0) is 13.0 Å². The largest absolute Gasteiger partial charge is 0.496 e. The van der Waals surface area contributed by atoms with Gasteiger partial charge in [-0.25, -0.2) is 4.98 Å². The van der Waals surface area contributed by atoms with Gasteiger partial charge < -0.3 is 10.1 Å². The molecule has 1 N–H and O–H groups in total. The van der Waals surface area contributed by atoms with Crippen LogP contribution in [0.3, 0.4) is 0 Å². The van der Waals surface area contributed by atoms with Crippen molar-refractivity contribution in [3.63, 3.8) is 0 Å². The zero-order valence-electron chi connectivity index (χ0n) is 13.3. The summed E-state index contributed by atoms with van der Waals surface area (Å²) in [6.07, 6.45) is 0.958. The summed E-state index contributed by atoms with van der Waals surface area (Å²) in [5, 5.41) is 9.03. The highest BCUT2D eigenvalue weighted by molar-refractivity contribution is 7.10. The minimum absolute atomic E-state index is 0.220. The van der Waals surface area contributed by atoms with Crippen LogP contribution in [0.5, 0.6) is 5.75 Å². The smallest absolute Gasteiger partial charge is 0.123 e. The summed E-state index contributed by atoms with van der Waals surface area (Å²) in [5.74, 6) is 0.921. The highest BCUT2D eigenvalue weighted by atomic mass is 32.1. The highest BCUT2D eigenvalue weighted by Gasteiger charge is 2.16. The van der Waals surface area contributed by atoms with Crippen LogP contribution in [0, 0.1) is 6.92 Å². The first kappa shape index (κ1) is 16.2. The summed E-state index contributed by atoms with van der Waals surface area (Å²) in [7, 11) is 1.71. The Kier molecular flexibility index (Phi) is 5.43. The van der Waals surface area contributed by atoms with Gasteiger partial charge in [0.2, 0.25) is 0 Å². The van der Waals surface area contributed by atoms with Gasteiger partial charge in [-0.1, -0.05) is 24.3 Å². The zero-order chi connectivity index (χ0) is 16.1. The quantitative estimate of drug-likeness (QED) is 0.680. The molecule has 23 heavy (non-hydrogen) atoms. The Morgan fingerprint density at radius 2 is 2.04 bits per heavy atom. The van der Waals surface area contributed by atoms with E-state index in [1.54, 1.807) is 29.8 Å². The van der Waals surface area contributed by atoms with E-state index in [-0.39, 0.29) is 6.04 Å². The average Bonchev–Trinajstić information content (AvgIpc) is 3.23. The second kappa shape index (κ2) is 7.73. The molecule has 0 saturated heterocycles. The fourth-order valence-electron chi connectivity index (χ4n) is 2.49. The number of aryl methyl sites for hydroxylation is 1. The number of methoxy groups -OCH3 is 1. The van der Waals surface area contributed by atoms with Gasteiger partial charge in [0.15, 0.2) is 0 Å². The first-order valence-electron chi connectivity index (χ1n) is 7.56. The van der Waals surface area contributed by atoms with Crippen molar-refractivity contribution in [1.29, 1.82) is 0 Å². The molecule has 1 atom stereocenters. The molecule has 1 aromatic carbocycles. The van der Waals surface area contributed by atoms with Gasteiger partial charge in [-0.05, 0) is 24.4 Å². The second-order valence-corrected chi connectivity index (χ2v) is 7.28. The lowest BCUT2D eigenvalue weighted by molar-refractivity contribution is 0.405. The van der Waals surface area contributed by atoms with Crippen LogP contribution in [0.15, 0.2) is 47.2 Å². The Hall–Kier alpha value is -1.69. The van der Waals surface area contributed by atoms with E-state index in [0.29, 0.717) is 0 Å². The number of aromatic nitrogens is 1. The van der Waals surface area contributed by atoms with E-state index in [2.05, 4.69) is 39.3 Å². The van der Waals surface area contributed by atoms with Crippen LogP contribution < -0.4 is 10.1 Å². The summed E-state index contributed by atoms with van der Waals surface area (Å²) in [6, 6.07) is 12.6. The van der Waals surface area contributed by atoms with E-state index in [1.807, 2.05) is 25.1 Å². The zero-order valence-corrected chi connectivity index (χ0v) is 14.9. The van der Waals surface area contributed by atoms with Crippen molar-refractivity contribution in [3.05, 3.63) is 68.3 Å². The first-order chi connectivity index (χ1) is 11.3. The number of thiazole rings is 1. The first-order valence-corrected chi connectivity index (χ1v) is 9.32. The molecule has 0 bridgehead atoms. The van der Waals surface area contributed by atoms with E-state index in [1.165, 1.54) is 10.4 Å². The minimum Gasteiger partial charge on any atom is -0.496 e. The van der Waals surface area contributed by atoms with Crippen molar-refractivity contribution in [1.82, 2.24) is 10.3 Å². The van der Waals surface area contributed by atoms with Gasteiger partial charge in [-0.3, -0.25) is 0 Å². The number of thiophene rings is 1. The molecule has 0 radical (unpaired) electrons. The Morgan fingerprint density at radius 1 is 1.17 bits per heavy atom. The Morgan fingerprint density at radius 3 is 2.74 bits per heavy atom. The lowest BCUT2D eigenvalue weighted by atomic mass is 10.1. The van der Waals surface area contributed by atoms with Gasteiger partial charge >= 0.3 is 0 Å². The minimum atomic E-state index is 0.220. The van der Waals surface area contributed by atoms with E-state index >= 15 is 0 Å². The van der Waals surface area contributed by atoms with Gasteiger partial charge in [0.1, 0.15) is 10.8 Å². The maximum Gasteiger partial charge on any atom is 0.123 e. The number of hydrogen-bond acceptors (Lipinski definition) is 5. The molecule has 0 aliphatic heterocycles. The summed E-state index contributed by atoms with van der Waals surface area (Å²) < 4.78 is 5.44. The maximum absolute atomic E-state index is 5.44. The van der Waals surface area contributed by atoms with E-state index < -0.39 is 0 Å². The fraction of sp³-hybridized carbons (Fsp3) is 0.278. The fourth-order valence-corrected chi connectivity index (χ4v) is 4.11. The van der Waals surface area contributed by atoms with E-state index in [9.17, 15) is 0 Å². The molecule has 0 fully saturated rings. The number of ether oxygens (including phenoxy) is 1. The van der Waals surface area contributed by atoms with E-state index in [0.717, 1.165) is 29.4 Å². The predicted octanol–water partition coefficient (Wildman–Crippen LogP) is 4.60. The number of benzene rings is 1. The Bertz CT molecular complexity index is 737. The van der Waals surface area contributed by atoms with Crippen LogP contribution in [0.4, 0.5) is 0 Å². The van der Waals surface area contributed by atoms with Crippen LogP contribution in [0.1, 0.15) is 27.2 Å². The number of para-hydroxylation sites is 1. The molecule has 0 spiro atoms. The van der Waals surface area contributed by atoms with Gasteiger partial charge in [0, 0.05) is 34.5 Å². The molecule has 0 aliphatic carbocycles. The van der Waals surface area contributed by atoms with E-state index in [4.69, 9.17) is 4.74 Å². The van der Waals surface area contributed by atoms with Crippen LogP contribution in [-0.4, -0.2) is 12.1 Å². The number of hydrogen-bond donors (Lipinski definition) is 1. The monoisotopic (exact) mass is 344 g/mol. The standard InChI is InChI=1S/C18H20N2OS2/c1-13-12-23-18(20-13)16(10-15-7-5-9-22-15)19-11-14-6-3-4-8-17(14)21-2/h3-9,12,16,19H,10-11H2,1-2H3. The lowest BCUT2D eigenvalue weighted by Gasteiger charge is -2.17. The highest BCUT2D eigenvalue weighted by Crippen LogP contribution is 2.25. The Balaban J connectivity index is 1.75. The molecule has 1 unspecified atom stereocenters. The summed E-state index contributed by atoms with van der Waals surface area (Å²) in [4.78, 5) is 6.05. The molecule has 3 rings (SSSR count).